The molecule has 2 rings (SSSR count). The first kappa shape index (κ1) is 12.1. The van der Waals surface area contributed by atoms with Gasteiger partial charge in [-0.3, -0.25) is 0 Å². The highest BCUT2D eigenvalue weighted by molar-refractivity contribution is 7.98. The van der Waals surface area contributed by atoms with E-state index in [2.05, 4.69) is 14.9 Å². The third kappa shape index (κ3) is 3.08. The van der Waals surface area contributed by atoms with Gasteiger partial charge in [-0.25, -0.2) is 4.63 Å². The highest BCUT2D eigenvalue weighted by atomic mass is 32.2. The Morgan fingerprint density at radius 3 is 2.88 bits per heavy atom. The summed E-state index contributed by atoms with van der Waals surface area (Å²) in [7, 11) is 0. The lowest BCUT2D eigenvalue weighted by Gasteiger charge is -2.06. The van der Waals surface area contributed by atoms with Crippen molar-refractivity contribution in [3.05, 3.63) is 41.2 Å². The second-order valence-electron chi connectivity index (χ2n) is 3.83. The van der Waals surface area contributed by atoms with Gasteiger partial charge < -0.3 is 5.11 Å². The lowest BCUT2D eigenvalue weighted by molar-refractivity contribution is 0.199. The third-order valence-corrected chi connectivity index (χ3v) is 3.47. The van der Waals surface area contributed by atoms with Gasteiger partial charge in [0.05, 0.1) is 6.10 Å². The van der Waals surface area contributed by atoms with Crippen LogP contribution in [0.15, 0.2) is 33.8 Å². The van der Waals surface area contributed by atoms with Crippen LogP contribution in [0.3, 0.4) is 0 Å². The van der Waals surface area contributed by atoms with Gasteiger partial charge in [-0.15, -0.1) is 11.8 Å². The first-order valence-electron chi connectivity index (χ1n) is 5.35. The third-order valence-electron chi connectivity index (χ3n) is 2.46. The van der Waals surface area contributed by atoms with E-state index in [4.69, 9.17) is 0 Å². The number of aryl methyl sites for hydroxylation is 1. The van der Waals surface area contributed by atoms with Crippen molar-refractivity contribution >= 4 is 11.8 Å². The zero-order valence-corrected chi connectivity index (χ0v) is 10.6. The van der Waals surface area contributed by atoms with E-state index in [1.165, 1.54) is 0 Å². The van der Waals surface area contributed by atoms with Gasteiger partial charge in [-0.2, -0.15) is 0 Å². The maximum atomic E-state index is 9.50. The molecule has 0 fully saturated rings. The summed E-state index contributed by atoms with van der Waals surface area (Å²) in [6.45, 7) is 3.63. The Hall–Kier alpha value is -1.33. The summed E-state index contributed by atoms with van der Waals surface area (Å²) >= 11 is 1.65. The van der Waals surface area contributed by atoms with Crippen molar-refractivity contribution in [2.24, 2.45) is 0 Å². The van der Waals surface area contributed by atoms with E-state index in [0.29, 0.717) is 0 Å². The van der Waals surface area contributed by atoms with Crippen molar-refractivity contribution in [3.8, 4) is 0 Å². The van der Waals surface area contributed by atoms with Gasteiger partial charge in [0.25, 0.3) is 0 Å². The molecule has 0 amide bonds. The van der Waals surface area contributed by atoms with Crippen LogP contribution in [0.2, 0.25) is 0 Å². The predicted molar refractivity (Wildman–Crippen MR) is 65.7 cm³/mol. The molecule has 0 aliphatic rings. The molecule has 0 aliphatic heterocycles. The van der Waals surface area contributed by atoms with Crippen LogP contribution in [0, 0.1) is 6.92 Å². The van der Waals surface area contributed by atoms with E-state index in [-0.39, 0.29) is 0 Å². The molecule has 1 atom stereocenters. The minimum Gasteiger partial charge on any atom is -0.389 e. The van der Waals surface area contributed by atoms with Crippen LogP contribution < -0.4 is 0 Å². The van der Waals surface area contributed by atoms with Crippen LogP contribution in [-0.4, -0.2) is 15.4 Å². The van der Waals surface area contributed by atoms with Gasteiger partial charge in [-0.1, -0.05) is 22.4 Å². The van der Waals surface area contributed by atoms with Crippen LogP contribution in [0.5, 0.6) is 0 Å². The molecule has 1 heterocycles. The molecule has 1 aromatic carbocycles. The van der Waals surface area contributed by atoms with Crippen LogP contribution >= 0.6 is 11.8 Å². The summed E-state index contributed by atoms with van der Waals surface area (Å²) in [5, 5.41) is 17.1. The summed E-state index contributed by atoms with van der Waals surface area (Å²) in [6, 6.07) is 7.85. The Morgan fingerprint density at radius 1 is 1.41 bits per heavy atom. The first-order chi connectivity index (χ1) is 8.16. The molecule has 1 unspecified atom stereocenters. The quantitative estimate of drug-likeness (QED) is 0.845. The van der Waals surface area contributed by atoms with Crippen molar-refractivity contribution in [3.63, 3.8) is 0 Å². The monoisotopic (exact) mass is 250 g/mol. The van der Waals surface area contributed by atoms with Crippen LogP contribution in [-0.2, 0) is 5.75 Å². The summed E-state index contributed by atoms with van der Waals surface area (Å²) in [5.41, 5.74) is 2.60. The second-order valence-corrected chi connectivity index (χ2v) is 4.88. The zero-order valence-electron chi connectivity index (χ0n) is 9.75. The van der Waals surface area contributed by atoms with Gasteiger partial charge in [0.1, 0.15) is 11.4 Å². The Bertz CT molecular complexity index is 497. The van der Waals surface area contributed by atoms with E-state index in [1.54, 1.807) is 18.7 Å². The topological polar surface area (TPSA) is 59.2 Å². The largest absolute Gasteiger partial charge is 0.389 e. The highest BCUT2D eigenvalue weighted by Crippen LogP contribution is 2.25. The molecule has 5 heteroatoms. The van der Waals surface area contributed by atoms with Gasteiger partial charge in [-0.05, 0) is 31.5 Å². The van der Waals surface area contributed by atoms with E-state index >= 15 is 0 Å². The van der Waals surface area contributed by atoms with Crippen molar-refractivity contribution in [2.45, 2.75) is 30.6 Å². The van der Waals surface area contributed by atoms with E-state index in [1.807, 2.05) is 31.2 Å². The SMILES string of the molecule is Cc1nonc1CSc1cccc(C(C)O)c1. The van der Waals surface area contributed by atoms with E-state index in [0.717, 1.165) is 27.6 Å². The van der Waals surface area contributed by atoms with Crippen LogP contribution in [0.4, 0.5) is 0 Å². The first-order valence-corrected chi connectivity index (χ1v) is 6.34. The van der Waals surface area contributed by atoms with Crippen molar-refractivity contribution in [2.75, 3.05) is 0 Å². The van der Waals surface area contributed by atoms with Crippen LogP contribution in [0.25, 0.3) is 0 Å². The minimum absolute atomic E-state index is 0.439. The lowest BCUT2D eigenvalue weighted by Crippen LogP contribution is -1.91. The Balaban J connectivity index is 2.04. The number of hydrogen-bond acceptors (Lipinski definition) is 5. The smallest absolute Gasteiger partial charge is 0.118 e. The predicted octanol–water partition coefficient (Wildman–Crippen LogP) is 2.72. The number of thioether (sulfide) groups is 1. The summed E-state index contributed by atoms with van der Waals surface area (Å²) in [6.07, 6.45) is -0.439. The molecule has 90 valence electrons. The Kier molecular flexibility index (Phi) is 3.81. The maximum Gasteiger partial charge on any atom is 0.118 e. The molecule has 0 radical (unpaired) electrons. The fourth-order valence-electron chi connectivity index (χ4n) is 1.40. The summed E-state index contributed by atoms with van der Waals surface area (Å²) in [5.74, 6) is 0.721. The number of aliphatic hydroxyl groups excluding tert-OH is 1. The second kappa shape index (κ2) is 5.33. The molecule has 1 N–H and O–H groups in total. The molecule has 17 heavy (non-hydrogen) atoms. The normalized spacial score (nSPS) is 12.6. The van der Waals surface area contributed by atoms with Crippen molar-refractivity contribution < 1.29 is 9.74 Å². The van der Waals surface area contributed by atoms with Gasteiger partial charge in [0.15, 0.2) is 0 Å². The molecule has 0 bridgehead atoms. The molecule has 2 aromatic rings. The summed E-state index contributed by atoms with van der Waals surface area (Å²) < 4.78 is 4.64. The molecule has 4 nitrogen and oxygen atoms in total. The molecule has 0 aliphatic carbocycles. The highest BCUT2D eigenvalue weighted by Gasteiger charge is 2.07. The number of benzene rings is 1. The van der Waals surface area contributed by atoms with Gasteiger partial charge in [0.2, 0.25) is 0 Å². The standard InChI is InChI=1S/C12H14N2O2S/c1-8-12(14-16-13-8)7-17-11-5-3-4-10(6-11)9(2)15/h3-6,9,15H,7H2,1-2H3. The number of aromatic nitrogens is 2. The molecule has 1 aromatic heterocycles. The lowest BCUT2D eigenvalue weighted by atomic mass is 10.1. The van der Waals surface area contributed by atoms with Crippen molar-refractivity contribution in [1.29, 1.82) is 0 Å². The fraction of sp³-hybridized carbons (Fsp3) is 0.333. The average Bonchev–Trinajstić information content (AvgIpc) is 2.72. The molecule has 0 saturated carbocycles. The Labute approximate surface area is 104 Å². The number of nitrogens with zero attached hydrogens (tertiary/aromatic N) is 2. The van der Waals surface area contributed by atoms with Gasteiger partial charge >= 0.3 is 0 Å². The van der Waals surface area contributed by atoms with Crippen LogP contribution in [0.1, 0.15) is 30.0 Å². The minimum atomic E-state index is -0.439. The van der Waals surface area contributed by atoms with E-state index in [9.17, 15) is 5.11 Å². The Morgan fingerprint density at radius 2 is 2.24 bits per heavy atom. The molecule has 0 saturated heterocycles. The maximum absolute atomic E-state index is 9.50. The number of aliphatic hydroxyl groups is 1. The zero-order chi connectivity index (χ0) is 12.3. The number of rotatable bonds is 4. The van der Waals surface area contributed by atoms with Gasteiger partial charge in [0, 0.05) is 10.6 Å². The molecule has 0 spiro atoms. The summed E-state index contributed by atoms with van der Waals surface area (Å²) in [4.78, 5) is 1.10. The fourth-order valence-corrected chi connectivity index (χ4v) is 2.36. The van der Waals surface area contributed by atoms with E-state index < -0.39 is 6.10 Å². The molecular formula is C12H14N2O2S. The average molecular weight is 250 g/mol. The number of hydrogen-bond donors (Lipinski definition) is 1. The molecular weight excluding hydrogens is 236 g/mol. The van der Waals surface area contributed by atoms with Crippen molar-refractivity contribution in [1.82, 2.24) is 10.3 Å².